The number of rotatable bonds is 7. The van der Waals surface area contributed by atoms with Crippen molar-refractivity contribution in [1.82, 2.24) is 10.6 Å². The topological polar surface area (TPSA) is 84.5 Å². The number of amides is 2. The first kappa shape index (κ1) is 16.7. The number of ether oxygens (including phenoxy) is 1. The molecule has 0 unspecified atom stereocenters. The van der Waals surface area contributed by atoms with Crippen molar-refractivity contribution >= 4 is 17.8 Å². The summed E-state index contributed by atoms with van der Waals surface area (Å²) in [5.41, 5.74) is 0.587. The molecule has 0 radical (unpaired) electrons. The molecule has 0 bridgehead atoms. The highest BCUT2D eigenvalue weighted by molar-refractivity contribution is 5.94. The van der Waals surface area contributed by atoms with Gasteiger partial charge in [-0.1, -0.05) is 18.2 Å². The summed E-state index contributed by atoms with van der Waals surface area (Å²) in [6.07, 6.45) is 0.958. The second kappa shape index (κ2) is 8.73. The molecule has 114 valence electrons. The Hall–Kier alpha value is -2.37. The van der Waals surface area contributed by atoms with Crippen LogP contribution in [-0.4, -0.2) is 37.5 Å². The maximum absolute atomic E-state index is 11.8. The lowest BCUT2D eigenvalue weighted by molar-refractivity contribution is -0.145. The van der Waals surface area contributed by atoms with Gasteiger partial charge < -0.3 is 15.4 Å². The molecule has 21 heavy (non-hydrogen) atoms. The van der Waals surface area contributed by atoms with Crippen LogP contribution in [0.2, 0.25) is 0 Å². The van der Waals surface area contributed by atoms with Crippen molar-refractivity contribution in [3.05, 3.63) is 35.9 Å². The van der Waals surface area contributed by atoms with Crippen molar-refractivity contribution in [2.75, 3.05) is 13.7 Å². The zero-order valence-corrected chi connectivity index (χ0v) is 12.2. The molecule has 6 heteroatoms. The lowest BCUT2D eigenvalue weighted by atomic mass is 10.1. The number of carbonyl (C=O) groups excluding carboxylic acids is 3. The zero-order chi connectivity index (χ0) is 15.7. The van der Waals surface area contributed by atoms with E-state index < -0.39 is 12.0 Å². The highest BCUT2D eigenvalue weighted by atomic mass is 16.5. The lowest BCUT2D eigenvalue weighted by Crippen LogP contribution is -2.40. The third-order valence-corrected chi connectivity index (χ3v) is 2.85. The molecule has 0 aliphatic heterocycles. The van der Waals surface area contributed by atoms with E-state index in [2.05, 4.69) is 15.4 Å². The molecule has 0 saturated heterocycles. The van der Waals surface area contributed by atoms with Crippen LogP contribution in [0.3, 0.4) is 0 Å². The maximum atomic E-state index is 11.8. The Kier molecular flexibility index (Phi) is 6.94. The fourth-order valence-electron chi connectivity index (χ4n) is 1.84. The lowest BCUT2D eigenvalue weighted by Gasteiger charge is -2.15. The van der Waals surface area contributed by atoms with Crippen molar-refractivity contribution in [3.8, 4) is 0 Å². The van der Waals surface area contributed by atoms with E-state index in [1.807, 2.05) is 6.07 Å². The minimum atomic E-state index is -0.680. The monoisotopic (exact) mass is 292 g/mol. The molecule has 1 aromatic rings. The molecule has 0 aromatic heterocycles. The Bertz CT molecular complexity index is 488. The molecule has 0 aliphatic rings. The van der Waals surface area contributed by atoms with E-state index in [0.717, 1.165) is 0 Å². The molecule has 0 aliphatic carbocycles. The van der Waals surface area contributed by atoms with Crippen LogP contribution in [0.4, 0.5) is 0 Å². The summed E-state index contributed by atoms with van der Waals surface area (Å²) in [6.45, 7) is 1.76. The summed E-state index contributed by atoms with van der Waals surface area (Å²) in [6, 6.07) is 8.19. The SMILES string of the molecule is COC(=O)[C@H](CCCNC(=O)c1ccccc1)NC(C)=O. The van der Waals surface area contributed by atoms with Crippen molar-refractivity contribution in [1.29, 1.82) is 0 Å². The minimum Gasteiger partial charge on any atom is -0.467 e. The van der Waals surface area contributed by atoms with Gasteiger partial charge in [-0.15, -0.1) is 0 Å². The Labute approximate surface area is 123 Å². The Morgan fingerprint density at radius 2 is 1.86 bits per heavy atom. The second-order valence-electron chi connectivity index (χ2n) is 4.54. The summed E-state index contributed by atoms with van der Waals surface area (Å²) in [4.78, 5) is 34.3. The van der Waals surface area contributed by atoms with Crippen LogP contribution >= 0.6 is 0 Å². The van der Waals surface area contributed by atoms with Gasteiger partial charge in [0.1, 0.15) is 6.04 Å². The van der Waals surface area contributed by atoms with E-state index in [-0.39, 0.29) is 11.8 Å². The first-order chi connectivity index (χ1) is 10.0. The molecule has 0 saturated carbocycles. The van der Waals surface area contributed by atoms with E-state index in [4.69, 9.17) is 0 Å². The second-order valence-corrected chi connectivity index (χ2v) is 4.54. The first-order valence-corrected chi connectivity index (χ1v) is 6.72. The van der Waals surface area contributed by atoms with Crippen molar-refractivity contribution in [2.45, 2.75) is 25.8 Å². The van der Waals surface area contributed by atoms with Crippen molar-refractivity contribution in [2.24, 2.45) is 0 Å². The molecule has 0 fully saturated rings. The predicted octanol–water partition coefficient (Wildman–Crippen LogP) is 0.874. The zero-order valence-electron chi connectivity index (χ0n) is 12.2. The van der Waals surface area contributed by atoms with Gasteiger partial charge in [0.2, 0.25) is 5.91 Å². The van der Waals surface area contributed by atoms with Crippen LogP contribution < -0.4 is 10.6 Å². The van der Waals surface area contributed by atoms with Crippen LogP contribution in [0.1, 0.15) is 30.1 Å². The maximum Gasteiger partial charge on any atom is 0.328 e. The van der Waals surface area contributed by atoms with Crippen LogP contribution in [0.15, 0.2) is 30.3 Å². The van der Waals surface area contributed by atoms with Gasteiger partial charge in [-0.25, -0.2) is 4.79 Å². The van der Waals surface area contributed by atoms with Crippen molar-refractivity contribution < 1.29 is 19.1 Å². The summed E-state index contributed by atoms with van der Waals surface area (Å²) >= 11 is 0. The fraction of sp³-hybridized carbons (Fsp3) is 0.400. The average molecular weight is 292 g/mol. The molecule has 2 amide bonds. The molecule has 0 heterocycles. The predicted molar refractivity (Wildman–Crippen MR) is 77.6 cm³/mol. The van der Waals surface area contributed by atoms with E-state index in [0.29, 0.717) is 24.9 Å². The standard InChI is InChI=1S/C15H20N2O4/c1-11(18)17-13(15(20)21-2)9-6-10-16-14(19)12-7-4-3-5-8-12/h3-5,7-8,13H,6,9-10H2,1-2H3,(H,16,19)(H,17,18)/t13-/m0/s1. The quantitative estimate of drug-likeness (QED) is 0.577. The van der Waals surface area contributed by atoms with Gasteiger partial charge in [-0.2, -0.15) is 0 Å². The number of hydrogen-bond acceptors (Lipinski definition) is 4. The number of hydrogen-bond donors (Lipinski definition) is 2. The molecule has 0 spiro atoms. The molecule has 6 nitrogen and oxygen atoms in total. The summed E-state index contributed by atoms with van der Waals surface area (Å²) in [7, 11) is 1.27. The van der Waals surface area contributed by atoms with E-state index >= 15 is 0 Å². The van der Waals surface area contributed by atoms with E-state index in [1.54, 1.807) is 24.3 Å². The summed E-state index contributed by atoms with van der Waals surface area (Å²) < 4.78 is 4.62. The normalized spacial score (nSPS) is 11.3. The van der Waals surface area contributed by atoms with Gasteiger partial charge in [0.15, 0.2) is 0 Å². The molecule has 2 N–H and O–H groups in total. The number of benzene rings is 1. The number of methoxy groups -OCH3 is 1. The molecule has 1 rings (SSSR count). The van der Waals surface area contributed by atoms with Gasteiger partial charge in [0, 0.05) is 19.0 Å². The minimum absolute atomic E-state index is 0.162. The Balaban J connectivity index is 2.35. The molecular weight excluding hydrogens is 272 g/mol. The smallest absolute Gasteiger partial charge is 0.328 e. The molecular formula is C15H20N2O4. The number of carbonyl (C=O) groups is 3. The van der Waals surface area contributed by atoms with Crippen molar-refractivity contribution in [3.63, 3.8) is 0 Å². The van der Waals surface area contributed by atoms with Crippen LogP contribution in [0.25, 0.3) is 0 Å². The van der Waals surface area contributed by atoms with Gasteiger partial charge in [0.25, 0.3) is 5.91 Å². The summed E-state index contributed by atoms with van der Waals surface area (Å²) in [5, 5.41) is 5.29. The highest BCUT2D eigenvalue weighted by Crippen LogP contribution is 2.01. The summed E-state index contributed by atoms with van der Waals surface area (Å²) in [5.74, 6) is -0.942. The largest absolute Gasteiger partial charge is 0.467 e. The third kappa shape index (κ3) is 6.07. The molecule has 1 atom stereocenters. The van der Waals surface area contributed by atoms with Gasteiger partial charge >= 0.3 is 5.97 Å². The number of esters is 1. The fourth-order valence-corrected chi connectivity index (χ4v) is 1.84. The Morgan fingerprint density at radius 3 is 2.43 bits per heavy atom. The molecule has 1 aromatic carbocycles. The third-order valence-electron chi connectivity index (χ3n) is 2.85. The average Bonchev–Trinajstić information content (AvgIpc) is 2.49. The highest BCUT2D eigenvalue weighted by Gasteiger charge is 2.19. The number of nitrogens with one attached hydrogen (secondary N) is 2. The van der Waals surface area contributed by atoms with E-state index in [9.17, 15) is 14.4 Å². The van der Waals surface area contributed by atoms with Crippen LogP contribution in [0.5, 0.6) is 0 Å². The van der Waals surface area contributed by atoms with E-state index in [1.165, 1.54) is 14.0 Å². The Morgan fingerprint density at radius 1 is 1.19 bits per heavy atom. The van der Waals surface area contributed by atoms with Gasteiger partial charge in [0.05, 0.1) is 7.11 Å². The van der Waals surface area contributed by atoms with Crippen LogP contribution in [-0.2, 0) is 14.3 Å². The van der Waals surface area contributed by atoms with Crippen LogP contribution in [0, 0.1) is 0 Å². The van der Waals surface area contributed by atoms with Gasteiger partial charge in [-0.3, -0.25) is 9.59 Å². The van der Waals surface area contributed by atoms with Gasteiger partial charge in [-0.05, 0) is 25.0 Å². The first-order valence-electron chi connectivity index (χ1n) is 6.72.